The summed E-state index contributed by atoms with van der Waals surface area (Å²) in [6.07, 6.45) is 0. The van der Waals surface area contributed by atoms with Gasteiger partial charge in [-0.25, -0.2) is 0 Å². The molecule has 2 aromatic rings. The van der Waals surface area contributed by atoms with Crippen molar-refractivity contribution in [2.24, 2.45) is 5.92 Å². The van der Waals surface area contributed by atoms with E-state index in [4.69, 9.17) is 5.11 Å². The van der Waals surface area contributed by atoms with Gasteiger partial charge in [0.05, 0.1) is 16.4 Å². The van der Waals surface area contributed by atoms with Gasteiger partial charge in [0.25, 0.3) is 5.69 Å². The average molecular weight is 287 g/mol. The Kier molecular flexibility index (Phi) is 2.97. The van der Waals surface area contributed by atoms with Crippen molar-refractivity contribution >= 4 is 28.2 Å². The van der Waals surface area contributed by atoms with Crippen LogP contribution in [-0.4, -0.2) is 34.1 Å². The molecular weight excluding hydrogens is 274 g/mol. The van der Waals surface area contributed by atoms with Gasteiger partial charge in [0.1, 0.15) is 0 Å². The van der Waals surface area contributed by atoms with Crippen molar-refractivity contribution in [3.63, 3.8) is 0 Å². The molecule has 21 heavy (non-hydrogen) atoms. The van der Waals surface area contributed by atoms with E-state index in [2.05, 4.69) is 4.98 Å². The molecule has 1 N–H and O–H groups in total. The number of nitro benzene ring substituents is 1. The van der Waals surface area contributed by atoms with Gasteiger partial charge in [-0.2, -0.15) is 0 Å². The molecule has 0 spiro atoms. The summed E-state index contributed by atoms with van der Waals surface area (Å²) < 4.78 is 0. The summed E-state index contributed by atoms with van der Waals surface area (Å²) in [5.41, 5.74) is 2.28. The number of rotatable bonds is 3. The van der Waals surface area contributed by atoms with Gasteiger partial charge in [0.2, 0.25) is 0 Å². The van der Waals surface area contributed by atoms with Crippen LogP contribution in [0.15, 0.2) is 24.3 Å². The summed E-state index contributed by atoms with van der Waals surface area (Å²) in [7, 11) is 0. The van der Waals surface area contributed by atoms with Crippen LogP contribution in [0.5, 0.6) is 0 Å². The molecule has 0 bridgehead atoms. The van der Waals surface area contributed by atoms with Gasteiger partial charge >= 0.3 is 5.97 Å². The summed E-state index contributed by atoms with van der Waals surface area (Å²) in [6, 6.07) is 6.38. The molecule has 0 saturated carbocycles. The molecule has 7 heteroatoms. The van der Waals surface area contributed by atoms with E-state index in [1.807, 2.05) is 17.9 Å². The first kappa shape index (κ1) is 13.3. The molecule has 0 aliphatic carbocycles. The SMILES string of the molecule is Cc1cc(N2CC(C(=O)O)C2)c2cc([N+](=O)[O-])ccc2n1. The molecule has 0 unspecified atom stereocenters. The average Bonchev–Trinajstić information content (AvgIpc) is 2.35. The van der Waals surface area contributed by atoms with E-state index in [9.17, 15) is 14.9 Å². The van der Waals surface area contributed by atoms with Gasteiger partial charge in [0, 0.05) is 42.0 Å². The molecule has 108 valence electrons. The summed E-state index contributed by atoms with van der Waals surface area (Å²) in [5, 5.41) is 20.5. The molecule has 1 fully saturated rings. The Bertz CT molecular complexity index is 753. The van der Waals surface area contributed by atoms with E-state index in [-0.39, 0.29) is 11.6 Å². The lowest BCUT2D eigenvalue weighted by Gasteiger charge is -2.39. The lowest BCUT2D eigenvalue weighted by molar-refractivity contribution is -0.384. The van der Waals surface area contributed by atoms with Gasteiger partial charge in [-0.05, 0) is 19.1 Å². The van der Waals surface area contributed by atoms with Crippen LogP contribution >= 0.6 is 0 Å². The Hall–Kier alpha value is -2.70. The number of hydrogen-bond donors (Lipinski definition) is 1. The minimum absolute atomic E-state index is 0.00436. The molecule has 1 aliphatic rings. The number of aliphatic carboxylic acids is 1. The molecule has 2 heterocycles. The summed E-state index contributed by atoms with van der Waals surface area (Å²) in [6.45, 7) is 2.67. The Morgan fingerprint density at radius 2 is 2.14 bits per heavy atom. The third kappa shape index (κ3) is 2.26. The number of hydrogen-bond acceptors (Lipinski definition) is 5. The van der Waals surface area contributed by atoms with Crippen molar-refractivity contribution in [1.82, 2.24) is 4.98 Å². The highest BCUT2D eigenvalue weighted by molar-refractivity contribution is 5.94. The lowest BCUT2D eigenvalue weighted by atomic mass is 9.98. The van der Waals surface area contributed by atoms with E-state index in [1.165, 1.54) is 12.1 Å². The number of aromatic nitrogens is 1. The molecule has 3 rings (SSSR count). The van der Waals surface area contributed by atoms with E-state index in [1.54, 1.807) is 6.07 Å². The van der Waals surface area contributed by atoms with Crippen molar-refractivity contribution in [2.75, 3.05) is 18.0 Å². The normalized spacial score (nSPS) is 15.0. The molecule has 1 aromatic carbocycles. The second-order valence-corrected chi connectivity index (χ2v) is 5.18. The smallest absolute Gasteiger partial charge is 0.310 e. The van der Waals surface area contributed by atoms with Crippen molar-refractivity contribution < 1.29 is 14.8 Å². The lowest BCUT2D eigenvalue weighted by Crippen LogP contribution is -2.50. The van der Waals surface area contributed by atoms with Crippen LogP contribution in [0.2, 0.25) is 0 Å². The Balaban J connectivity index is 2.06. The first-order valence-corrected chi connectivity index (χ1v) is 6.49. The Morgan fingerprint density at radius 1 is 1.43 bits per heavy atom. The number of nitrogens with zero attached hydrogens (tertiary/aromatic N) is 3. The summed E-state index contributed by atoms with van der Waals surface area (Å²) in [5.74, 6) is -1.19. The van der Waals surface area contributed by atoms with Crippen LogP contribution in [-0.2, 0) is 4.79 Å². The number of carbonyl (C=O) groups is 1. The molecular formula is C14H13N3O4. The van der Waals surface area contributed by atoms with Crippen molar-refractivity contribution in [3.05, 3.63) is 40.1 Å². The maximum absolute atomic E-state index is 10.9. The molecule has 0 amide bonds. The third-order valence-corrected chi connectivity index (χ3v) is 3.68. The third-order valence-electron chi connectivity index (χ3n) is 3.68. The van der Waals surface area contributed by atoms with E-state index in [0.717, 1.165) is 11.4 Å². The second-order valence-electron chi connectivity index (χ2n) is 5.18. The molecule has 0 radical (unpaired) electrons. The predicted octanol–water partition coefficient (Wildman–Crippen LogP) is 1.97. The van der Waals surface area contributed by atoms with Gasteiger partial charge in [-0.1, -0.05) is 0 Å². The minimum atomic E-state index is -0.813. The molecule has 1 aromatic heterocycles. The van der Waals surface area contributed by atoms with Gasteiger partial charge in [-0.15, -0.1) is 0 Å². The van der Waals surface area contributed by atoms with E-state index >= 15 is 0 Å². The Morgan fingerprint density at radius 3 is 2.76 bits per heavy atom. The van der Waals surface area contributed by atoms with E-state index in [0.29, 0.717) is 24.0 Å². The standard InChI is InChI=1S/C14H13N3O4/c1-8-4-13(16-6-9(7-16)14(18)19)11-5-10(17(20)21)2-3-12(11)15-8/h2-5,9H,6-7H2,1H3,(H,18,19). The molecule has 1 saturated heterocycles. The van der Waals surface area contributed by atoms with Gasteiger partial charge in [-0.3, -0.25) is 19.9 Å². The minimum Gasteiger partial charge on any atom is -0.481 e. The highest BCUT2D eigenvalue weighted by atomic mass is 16.6. The largest absolute Gasteiger partial charge is 0.481 e. The van der Waals surface area contributed by atoms with Crippen LogP contribution in [0.25, 0.3) is 10.9 Å². The van der Waals surface area contributed by atoms with Crippen LogP contribution < -0.4 is 4.90 Å². The monoisotopic (exact) mass is 287 g/mol. The first-order chi connectivity index (χ1) is 9.95. The fourth-order valence-corrected chi connectivity index (χ4v) is 2.53. The number of carboxylic acid groups (broad SMARTS) is 1. The number of carboxylic acids is 1. The quantitative estimate of drug-likeness (QED) is 0.684. The number of nitro groups is 1. The Labute approximate surface area is 120 Å². The van der Waals surface area contributed by atoms with Gasteiger partial charge < -0.3 is 10.0 Å². The number of pyridine rings is 1. The number of anilines is 1. The van der Waals surface area contributed by atoms with Crippen molar-refractivity contribution in [2.45, 2.75) is 6.92 Å². The van der Waals surface area contributed by atoms with Crippen LogP contribution in [0.3, 0.4) is 0 Å². The summed E-state index contributed by atoms with van der Waals surface area (Å²) in [4.78, 5) is 27.7. The first-order valence-electron chi connectivity index (χ1n) is 6.49. The molecule has 0 atom stereocenters. The van der Waals surface area contributed by atoms with E-state index < -0.39 is 10.9 Å². The van der Waals surface area contributed by atoms with Crippen LogP contribution in [0.1, 0.15) is 5.69 Å². The summed E-state index contributed by atoms with van der Waals surface area (Å²) >= 11 is 0. The molecule has 7 nitrogen and oxygen atoms in total. The molecule has 1 aliphatic heterocycles. The van der Waals surface area contributed by atoms with Crippen LogP contribution in [0.4, 0.5) is 11.4 Å². The van der Waals surface area contributed by atoms with Gasteiger partial charge in [0.15, 0.2) is 0 Å². The maximum atomic E-state index is 10.9. The van der Waals surface area contributed by atoms with Crippen molar-refractivity contribution in [1.29, 1.82) is 0 Å². The topological polar surface area (TPSA) is 96.6 Å². The zero-order valence-corrected chi connectivity index (χ0v) is 11.3. The zero-order valence-electron chi connectivity index (χ0n) is 11.3. The number of benzene rings is 1. The maximum Gasteiger partial charge on any atom is 0.310 e. The fourth-order valence-electron chi connectivity index (χ4n) is 2.53. The number of non-ortho nitro benzene ring substituents is 1. The highest BCUT2D eigenvalue weighted by Gasteiger charge is 2.33. The fraction of sp³-hybridized carbons (Fsp3) is 0.286. The van der Waals surface area contributed by atoms with Crippen molar-refractivity contribution in [3.8, 4) is 0 Å². The second kappa shape index (κ2) is 4.69. The predicted molar refractivity (Wildman–Crippen MR) is 76.5 cm³/mol. The van der Waals surface area contributed by atoms with Crippen LogP contribution in [0, 0.1) is 23.0 Å². The highest BCUT2D eigenvalue weighted by Crippen LogP contribution is 2.33. The zero-order chi connectivity index (χ0) is 15.1. The number of aryl methyl sites for hydroxylation is 1. The number of fused-ring (bicyclic) bond motifs is 1.